The Bertz CT molecular complexity index is 595. The topological polar surface area (TPSA) is 66.5 Å². The fraction of sp³-hybridized carbons (Fsp3) is 0.500. The smallest absolute Gasteiger partial charge is 0.262 e. The summed E-state index contributed by atoms with van der Waals surface area (Å²) in [6, 6.07) is 5.98. The van der Waals surface area contributed by atoms with E-state index in [1.807, 2.05) is 6.26 Å². The van der Waals surface area contributed by atoms with E-state index in [1.165, 1.54) is 0 Å². The highest BCUT2D eigenvalue weighted by molar-refractivity contribution is 7.98. The van der Waals surface area contributed by atoms with Gasteiger partial charge in [0.15, 0.2) is 0 Å². The lowest BCUT2D eigenvalue weighted by atomic mass is 10.1. The second kappa shape index (κ2) is 8.33. The van der Waals surface area contributed by atoms with Crippen LogP contribution < -0.4 is 5.32 Å². The molecule has 1 atom stereocenters. The molecule has 6 heteroatoms. The van der Waals surface area contributed by atoms with Crippen molar-refractivity contribution >= 4 is 29.5 Å². The van der Waals surface area contributed by atoms with Gasteiger partial charge < -0.3 is 5.32 Å². The second-order valence-corrected chi connectivity index (χ2v) is 7.28. The van der Waals surface area contributed by atoms with E-state index >= 15 is 0 Å². The Labute approximate surface area is 147 Å². The van der Waals surface area contributed by atoms with Gasteiger partial charge in [-0.2, -0.15) is 11.8 Å². The van der Waals surface area contributed by atoms with Crippen molar-refractivity contribution in [2.45, 2.75) is 32.7 Å². The number of carbonyl (C=O) groups is 3. The van der Waals surface area contributed by atoms with Crippen LogP contribution in [0.5, 0.6) is 0 Å². The highest BCUT2D eigenvalue weighted by Gasteiger charge is 2.42. The van der Waals surface area contributed by atoms with Gasteiger partial charge in [-0.15, -0.1) is 0 Å². The van der Waals surface area contributed by atoms with Crippen LogP contribution >= 0.6 is 11.8 Å². The Morgan fingerprint density at radius 2 is 1.71 bits per heavy atom. The van der Waals surface area contributed by atoms with Crippen LogP contribution in [0.2, 0.25) is 0 Å². The van der Waals surface area contributed by atoms with Gasteiger partial charge in [-0.25, -0.2) is 0 Å². The highest BCUT2D eigenvalue weighted by atomic mass is 32.2. The van der Waals surface area contributed by atoms with Gasteiger partial charge in [0.2, 0.25) is 5.91 Å². The van der Waals surface area contributed by atoms with Crippen molar-refractivity contribution < 1.29 is 14.4 Å². The first-order chi connectivity index (χ1) is 11.5. The predicted octanol–water partition coefficient (Wildman–Crippen LogP) is 2.57. The zero-order valence-corrected chi connectivity index (χ0v) is 15.2. The summed E-state index contributed by atoms with van der Waals surface area (Å²) in [4.78, 5) is 39.0. The van der Waals surface area contributed by atoms with E-state index in [0.29, 0.717) is 35.8 Å². The zero-order valence-electron chi connectivity index (χ0n) is 14.4. The van der Waals surface area contributed by atoms with Gasteiger partial charge in [0.05, 0.1) is 11.1 Å². The Morgan fingerprint density at radius 3 is 2.21 bits per heavy atom. The molecule has 0 radical (unpaired) electrons. The molecule has 0 aliphatic carbocycles. The van der Waals surface area contributed by atoms with Crippen molar-refractivity contribution in [1.82, 2.24) is 10.2 Å². The van der Waals surface area contributed by atoms with Crippen molar-refractivity contribution in [3.05, 3.63) is 35.4 Å². The molecule has 1 aromatic carbocycles. The first-order valence-electron chi connectivity index (χ1n) is 8.21. The molecule has 0 spiro atoms. The van der Waals surface area contributed by atoms with Crippen LogP contribution in [0.3, 0.4) is 0 Å². The van der Waals surface area contributed by atoms with Crippen molar-refractivity contribution in [2.75, 3.05) is 18.6 Å². The molecule has 2 rings (SSSR count). The van der Waals surface area contributed by atoms with Crippen LogP contribution in [-0.2, 0) is 4.79 Å². The fourth-order valence-corrected chi connectivity index (χ4v) is 3.16. The Hall–Kier alpha value is -1.82. The molecular weight excluding hydrogens is 324 g/mol. The predicted molar refractivity (Wildman–Crippen MR) is 96.2 cm³/mol. The summed E-state index contributed by atoms with van der Waals surface area (Å²) in [5.74, 6) is 0.185. The zero-order chi connectivity index (χ0) is 17.7. The number of nitrogens with zero attached hydrogens (tertiary/aromatic N) is 1. The molecule has 130 valence electrons. The third kappa shape index (κ3) is 3.98. The molecule has 0 fully saturated rings. The maximum absolute atomic E-state index is 12.6. The molecule has 0 bridgehead atoms. The summed E-state index contributed by atoms with van der Waals surface area (Å²) in [5, 5.41) is 2.87. The van der Waals surface area contributed by atoms with Crippen LogP contribution in [0.15, 0.2) is 24.3 Å². The van der Waals surface area contributed by atoms with Crippen LogP contribution in [-0.4, -0.2) is 47.2 Å². The summed E-state index contributed by atoms with van der Waals surface area (Å²) < 4.78 is 0. The van der Waals surface area contributed by atoms with Crippen LogP contribution in [0, 0.1) is 5.92 Å². The number of imide groups is 1. The third-order valence-corrected chi connectivity index (χ3v) is 4.70. The molecule has 1 heterocycles. The Kier molecular flexibility index (Phi) is 6.43. The van der Waals surface area contributed by atoms with E-state index in [2.05, 4.69) is 19.2 Å². The van der Waals surface area contributed by atoms with Crippen molar-refractivity contribution in [2.24, 2.45) is 5.92 Å². The lowest BCUT2D eigenvalue weighted by Crippen LogP contribution is -2.50. The monoisotopic (exact) mass is 348 g/mol. The van der Waals surface area contributed by atoms with E-state index < -0.39 is 6.04 Å². The molecule has 1 N–H and O–H groups in total. The van der Waals surface area contributed by atoms with Crippen molar-refractivity contribution in [3.8, 4) is 0 Å². The molecule has 0 unspecified atom stereocenters. The SMILES string of the molecule is CSCC[C@H](C(=O)NCCC(C)C)N1C(=O)c2ccccc2C1=O. The first kappa shape index (κ1) is 18.5. The number of benzene rings is 1. The maximum atomic E-state index is 12.6. The molecule has 0 aromatic heterocycles. The summed E-state index contributed by atoms with van der Waals surface area (Å²) in [7, 11) is 0. The third-order valence-electron chi connectivity index (χ3n) is 4.06. The van der Waals surface area contributed by atoms with Crippen LogP contribution in [0.4, 0.5) is 0 Å². The number of hydrogen-bond donors (Lipinski definition) is 1. The molecule has 5 nitrogen and oxygen atoms in total. The molecule has 3 amide bonds. The number of fused-ring (bicyclic) bond motifs is 1. The van der Waals surface area contributed by atoms with E-state index in [4.69, 9.17) is 0 Å². The minimum atomic E-state index is -0.753. The van der Waals surface area contributed by atoms with E-state index in [9.17, 15) is 14.4 Å². The summed E-state index contributed by atoms with van der Waals surface area (Å²) in [6.07, 6.45) is 3.26. The molecule has 1 aliphatic heterocycles. The number of rotatable bonds is 8. The number of amides is 3. The van der Waals surface area contributed by atoms with Gasteiger partial charge in [0, 0.05) is 6.54 Å². The number of nitrogens with one attached hydrogen (secondary N) is 1. The minimum Gasteiger partial charge on any atom is -0.354 e. The Morgan fingerprint density at radius 1 is 1.12 bits per heavy atom. The molecule has 24 heavy (non-hydrogen) atoms. The molecule has 0 saturated heterocycles. The molecular formula is C18H24N2O3S. The first-order valence-corrected chi connectivity index (χ1v) is 9.60. The van der Waals surface area contributed by atoms with Gasteiger partial charge in [-0.1, -0.05) is 26.0 Å². The van der Waals surface area contributed by atoms with Crippen LogP contribution in [0.1, 0.15) is 47.4 Å². The van der Waals surface area contributed by atoms with Gasteiger partial charge in [-0.05, 0) is 42.9 Å². The van der Waals surface area contributed by atoms with Gasteiger partial charge in [-0.3, -0.25) is 19.3 Å². The maximum Gasteiger partial charge on any atom is 0.262 e. The number of thioether (sulfide) groups is 1. The number of hydrogen-bond acceptors (Lipinski definition) is 4. The van der Waals surface area contributed by atoms with E-state index in [0.717, 1.165) is 11.3 Å². The fourth-order valence-electron chi connectivity index (χ4n) is 2.70. The molecule has 0 saturated carbocycles. The van der Waals surface area contributed by atoms with Gasteiger partial charge in [0.1, 0.15) is 6.04 Å². The lowest BCUT2D eigenvalue weighted by molar-refractivity contribution is -0.125. The normalized spacial score (nSPS) is 14.9. The average molecular weight is 348 g/mol. The molecule has 1 aliphatic rings. The quantitative estimate of drug-likeness (QED) is 0.733. The van der Waals surface area contributed by atoms with Crippen molar-refractivity contribution in [1.29, 1.82) is 0 Å². The molecule has 1 aromatic rings. The standard InChI is InChI=1S/C18H24N2O3S/c1-12(2)8-10-19-16(21)15(9-11-24-3)20-17(22)13-6-4-5-7-14(13)18(20)23/h4-7,12,15H,8-11H2,1-3H3,(H,19,21)/t15-/m1/s1. The summed E-state index contributed by atoms with van der Waals surface area (Å²) in [6.45, 7) is 4.72. The second-order valence-electron chi connectivity index (χ2n) is 6.30. The Balaban J connectivity index is 2.17. The van der Waals surface area contributed by atoms with Gasteiger partial charge in [0.25, 0.3) is 11.8 Å². The van der Waals surface area contributed by atoms with E-state index in [1.54, 1.807) is 36.0 Å². The lowest BCUT2D eigenvalue weighted by Gasteiger charge is -2.25. The number of carbonyl (C=O) groups excluding carboxylic acids is 3. The van der Waals surface area contributed by atoms with Crippen LogP contribution in [0.25, 0.3) is 0 Å². The summed E-state index contributed by atoms with van der Waals surface area (Å²) in [5.41, 5.74) is 0.762. The van der Waals surface area contributed by atoms with Crippen molar-refractivity contribution in [3.63, 3.8) is 0 Å². The largest absolute Gasteiger partial charge is 0.354 e. The summed E-state index contributed by atoms with van der Waals surface area (Å²) >= 11 is 1.59. The van der Waals surface area contributed by atoms with Gasteiger partial charge >= 0.3 is 0 Å². The highest BCUT2D eigenvalue weighted by Crippen LogP contribution is 2.26. The minimum absolute atomic E-state index is 0.251. The van der Waals surface area contributed by atoms with E-state index in [-0.39, 0.29) is 17.7 Å². The average Bonchev–Trinajstić information content (AvgIpc) is 2.80.